The molecule has 0 aliphatic carbocycles. The lowest BCUT2D eigenvalue weighted by atomic mass is 10.1. The fourth-order valence-corrected chi connectivity index (χ4v) is 3.57. The Morgan fingerprint density at radius 3 is 2.43 bits per heavy atom. The van der Waals surface area contributed by atoms with Crippen LogP contribution in [0.15, 0.2) is 36.4 Å². The minimum atomic E-state index is -0.741. The van der Waals surface area contributed by atoms with E-state index in [0.717, 1.165) is 0 Å². The summed E-state index contributed by atoms with van der Waals surface area (Å²) in [6.07, 6.45) is 0.103. The highest BCUT2D eigenvalue weighted by atomic mass is 35.5. The van der Waals surface area contributed by atoms with E-state index in [1.807, 2.05) is 0 Å². The summed E-state index contributed by atoms with van der Waals surface area (Å²) in [5, 5.41) is 3.56. The van der Waals surface area contributed by atoms with E-state index >= 15 is 0 Å². The van der Waals surface area contributed by atoms with E-state index in [-0.39, 0.29) is 29.5 Å². The average molecular weight is 446 g/mol. The number of benzene rings is 2. The molecule has 0 bridgehead atoms. The Balaban J connectivity index is 2.39. The number of hydrogen-bond donors (Lipinski definition) is 1. The first kappa shape index (κ1) is 22.5. The van der Waals surface area contributed by atoms with Crippen molar-refractivity contribution in [2.24, 2.45) is 0 Å². The third kappa shape index (κ3) is 5.37. The first-order valence-corrected chi connectivity index (χ1v) is 9.79. The number of nitrogens with zero attached hydrogens (tertiary/aromatic N) is 1. The number of carbonyl (C=O) groups is 2. The van der Waals surface area contributed by atoms with Gasteiger partial charge in [-0.1, -0.05) is 53.9 Å². The van der Waals surface area contributed by atoms with Gasteiger partial charge in [0, 0.05) is 34.2 Å². The van der Waals surface area contributed by atoms with E-state index < -0.39 is 17.8 Å². The quantitative estimate of drug-likeness (QED) is 0.660. The standard InChI is InChI=1S/C20H20Cl3FN2O2/c1-3-18(20(28)25-2)26(11-12-7-8-13(21)9-16(12)23)19(27)10-14-15(22)5-4-6-17(14)24/h4-9,18H,3,10-11H2,1-2H3,(H,25,28). The van der Waals surface area contributed by atoms with Crippen LogP contribution in [-0.2, 0) is 22.6 Å². The maximum absolute atomic E-state index is 14.1. The van der Waals surface area contributed by atoms with Crippen LogP contribution < -0.4 is 5.32 Å². The van der Waals surface area contributed by atoms with Gasteiger partial charge in [0.15, 0.2) is 0 Å². The van der Waals surface area contributed by atoms with Crippen LogP contribution in [0, 0.1) is 5.82 Å². The minimum absolute atomic E-state index is 0.0762. The van der Waals surface area contributed by atoms with Gasteiger partial charge in [0.1, 0.15) is 11.9 Å². The van der Waals surface area contributed by atoms with E-state index in [4.69, 9.17) is 34.8 Å². The molecule has 0 aliphatic heterocycles. The largest absolute Gasteiger partial charge is 0.357 e. The van der Waals surface area contributed by atoms with E-state index in [2.05, 4.69) is 5.32 Å². The summed E-state index contributed by atoms with van der Waals surface area (Å²) < 4.78 is 14.1. The van der Waals surface area contributed by atoms with Gasteiger partial charge in [0.25, 0.3) is 0 Å². The molecule has 0 radical (unpaired) electrons. The number of hydrogen-bond acceptors (Lipinski definition) is 2. The minimum Gasteiger partial charge on any atom is -0.357 e. The fraction of sp³-hybridized carbons (Fsp3) is 0.300. The van der Waals surface area contributed by atoms with Crippen molar-refractivity contribution in [2.45, 2.75) is 32.4 Å². The van der Waals surface area contributed by atoms with Crippen molar-refractivity contribution in [3.8, 4) is 0 Å². The molecule has 1 N–H and O–H groups in total. The zero-order valence-corrected chi connectivity index (χ0v) is 17.7. The molecule has 0 aliphatic rings. The molecule has 0 fully saturated rings. The van der Waals surface area contributed by atoms with Crippen molar-refractivity contribution in [1.29, 1.82) is 0 Å². The zero-order valence-electron chi connectivity index (χ0n) is 15.4. The van der Waals surface area contributed by atoms with E-state index in [1.165, 1.54) is 30.1 Å². The van der Waals surface area contributed by atoms with Gasteiger partial charge in [0.2, 0.25) is 11.8 Å². The highest BCUT2D eigenvalue weighted by molar-refractivity contribution is 6.35. The Hall–Kier alpha value is -1.82. The van der Waals surface area contributed by atoms with E-state index in [1.54, 1.807) is 25.1 Å². The molecule has 0 saturated heterocycles. The molecule has 0 saturated carbocycles. The van der Waals surface area contributed by atoms with Crippen LogP contribution in [0.4, 0.5) is 4.39 Å². The summed E-state index contributed by atoms with van der Waals surface area (Å²) in [5.74, 6) is -1.33. The summed E-state index contributed by atoms with van der Waals surface area (Å²) in [5.41, 5.74) is 0.717. The maximum Gasteiger partial charge on any atom is 0.242 e. The van der Waals surface area contributed by atoms with E-state index in [0.29, 0.717) is 22.0 Å². The van der Waals surface area contributed by atoms with Crippen molar-refractivity contribution in [3.05, 3.63) is 68.4 Å². The molecular formula is C20H20Cl3FN2O2. The van der Waals surface area contributed by atoms with Crippen molar-refractivity contribution in [2.75, 3.05) is 7.05 Å². The lowest BCUT2D eigenvalue weighted by molar-refractivity contribution is -0.140. The Kier molecular flexibility index (Phi) is 8.10. The van der Waals surface area contributed by atoms with Crippen LogP contribution in [0.25, 0.3) is 0 Å². The van der Waals surface area contributed by atoms with Crippen LogP contribution in [0.1, 0.15) is 24.5 Å². The van der Waals surface area contributed by atoms with Crippen molar-refractivity contribution in [3.63, 3.8) is 0 Å². The predicted octanol–water partition coefficient (Wildman–Crippen LogP) is 4.88. The van der Waals surface area contributed by atoms with Crippen LogP contribution in [0.5, 0.6) is 0 Å². The van der Waals surface area contributed by atoms with Crippen LogP contribution in [0.3, 0.4) is 0 Å². The lowest BCUT2D eigenvalue weighted by Gasteiger charge is -2.30. The Bertz CT molecular complexity index is 856. The number of likely N-dealkylation sites (N-methyl/N-ethyl adjacent to an activating group) is 1. The third-order valence-corrected chi connectivity index (χ3v) is 5.32. The van der Waals surface area contributed by atoms with Crippen LogP contribution >= 0.6 is 34.8 Å². The molecule has 2 aromatic rings. The number of rotatable bonds is 7. The Morgan fingerprint density at radius 1 is 1.14 bits per heavy atom. The lowest BCUT2D eigenvalue weighted by Crippen LogP contribution is -2.48. The topological polar surface area (TPSA) is 49.4 Å². The summed E-state index contributed by atoms with van der Waals surface area (Å²) in [7, 11) is 1.50. The summed E-state index contributed by atoms with van der Waals surface area (Å²) in [6.45, 7) is 1.87. The molecule has 1 atom stereocenters. The van der Waals surface area contributed by atoms with Crippen molar-refractivity contribution < 1.29 is 14.0 Å². The summed E-state index contributed by atoms with van der Waals surface area (Å²) in [6, 6.07) is 8.40. The SMILES string of the molecule is CCC(C(=O)NC)N(Cc1ccc(Cl)cc1Cl)C(=O)Cc1c(F)cccc1Cl. The first-order chi connectivity index (χ1) is 13.3. The smallest absolute Gasteiger partial charge is 0.242 e. The van der Waals surface area contributed by atoms with Gasteiger partial charge in [-0.15, -0.1) is 0 Å². The normalized spacial score (nSPS) is 11.8. The maximum atomic E-state index is 14.1. The van der Waals surface area contributed by atoms with E-state index in [9.17, 15) is 14.0 Å². The molecule has 28 heavy (non-hydrogen) atoms. The van der Waals surface area contributed by atoms with Gasteiger partial charge in [-0.3, -0.25) is 9.59 Å². The molecule has 2 rings (SSSR count). The monoisotopic (exact) mass is 444 g/mol. The molecule has 150 valence electrons. The molecule has 1 unspecified atom stereocenters. The summed E-state index contributed by atoms with van der Waals surface area (Å²) >= 11 is 18.2. The number of carbonyl (C=O) groups excluding carboxylic acids is 2. The Labute approximate surface area is 178 Å². The van der Waals surface area contributed by atoms with Crippen LogP contribution in [0.2, 0.25) is 15.1 Å². The van der Waals surface area contributed by atoms with Gasteiger partial charge in [-0.05, 0) is 36.2 Å². The molecule has 0 heterocycles. The highest BCUT2D eigenvalue weighted by Crippen LogP contribution is 2.25. The second-order valence-corrected chi connectivity index (χ2v) is 7.42. The first-order valence-electron chi connectivity index (χ1n) is 8.66. The van der Waals surface area contributed by atoms with Gasteiger partial charge < -0.3 is 10.2 Å². The average Bonchev–Trinajstić information content (AvgIpc) is 2.65. The molecule has 0 aromatic heterocycles. The molecule has 0 spiro atoms. The van der Waals surface area contributed by atoms with Gasteiger partial charge in [0.05, 0.1) is 6.42 Å². The number of amides is 2. The molecule has 8 heteroatoms. The number of halogens is 4. The van der Waals surface area contributed by atoms with Gasteiger partial charge in [-0.25, -0.2) is 4.39 Å². The second-order valence-electron chi connectivity index (χ2n) is 6.17. The molecule has 2 amide bonds. The van der Waals surface area contributed by atoms with Crippen LogP contribution in [-0.4, -0.2) is 29.8 Å². The Morgan fingerprint density at radius 2 is 1.86 bits per heavy atom. The number of nitrogens with one attached hydrogen (secondary N) is 1. The molecular weight excluding hydrogens is 426 g/mol. The van der Waals surface area contributed by atoms with Gasteiger partial charge >= 0.3 is 0 Å². The predicted molar refractivity (Wildman–Crippen MR) is 110 cm³/mol. The van der Waals surface area contributed by atoms with Crippen molar-refractivity contribution in [1.82, 2.24) is 10.2 Å². The highest BCUT2D eigenvalue weighted by Gasteiger charge is 2.29. The van der Waals surface area contributed by atoms with Crippen molar-refractivity contribution >= 4 is 46.6 Å². The zero-order chi connectivity index (χ0) is 20.8. The summed E-state index contributed by atoms with van der Waals surface area (Å²) in [4.78, 5) is 26.8. The fourth-order valence-electron chi connectivity index (χ4n) is 2.87. The molecule has 4 nitrogen and oxygen atoms in total. The third-order valence-electron chi connectivity index (χ3n) is 4.38. The second kappa shape index (κ2) is 10.1. The molecule has 2 aromatic carbocycles. The van der Waals surface area contributed by atoms with Gasteiger partial charge in [-0.2, -0.15) is 0 Å².